The Labute approximate surface area is 209 Å². The highest BCUT2D eigenvalue weighted by Gasteiger charge is 2.13. The van der Waals surface area contributed by atoms with E-state index in [9.17, 15) is 14.4 Å². The molecule has 0 amide bonds. The van der Waals surface area contributed by atoms with Crippen LogP contribution in [-0.4, -0.2) is 24.3 Å². The van der Waals surface area contributed by atoms with Gasteiger partial charge in [0, 0.05) is 5.56 Å². The van der Waals surface area contributed by atoms with Gasteiger partial charge in [0.05, 0.1) is 11.1 Å². The van der Waals surface area contributed by atoms with Crippen LogP contribution in [0.1, 0.15) is 42.2 Å². The molecule has 0 radical (unpaired) electrons. The molecule has 4 aromatic rings. The molecule has 0 atom stereocenters. The van der Waals surface area contributed by atoms with E-state index in [-0.39, 0.29) is 5.78 Å². The molecule has 4 aromatic carbocycles. The van der Waals surface area contributed by atoms with Crippen molar-refractivity contribution >= 4 is 17.7 Å². The zero-order valence-corrected chi connectivity index (χ0v) is 19.7. The van der Waals surface area contributed by atoms with Crippen LogP contribution in [0.15, 0.2) is 103 Å². The maximum absolute atomic E-state index is 12.4. The molecular weight excluding hydrogens is 456 g/mol. The van der Waals surface area contributed by atoms with Crippen LogP contribution >= 0.6 is 0 Å². The van der Waals surface area contributed by atoms with Gasteiger partial charge in [-0.3, -0.25) is 4.79 Å². The monoisotopic (exact) mass is 480 g/mol. The molecule has 4 rings (SSSR count). The Kier molecular flexibility index (Phi) is 7.88. The average Bonchev–Trinajstić information content (AvgIpc) is 2.91. The van der Waals surface area contributed by atoms with Gasteiger partial charge in [-0.05, 0) is 78.7 Å². The summed E-state index contributed by atoms with van der Waals surface area (Å²) in [4.78, 5) is 36.9. The standard InChI is InChI=1S/C30H24O6/c1-21-6-5-9-27(18-21)34-19-22-10-12-25(13-11-22)29(32)35-20-28(31)23-14-16-26(17-15-23)36-30(33)24-7-3-2-4-8-24/h2-18H,19-20H2,1H3. The number of esters is 2. The molecule has 0 N–H and O–H groups in total. The Morgan fingerprint density at radius 3 is 2.00 bits per heavy atom. The lowest BCUT2D eigenvalue weighted by Crippen LogP contribution is -2.14. The van der Waals surface area contributed by atoms with E-state index in [0.29, 0.717) is 29.0 Å². The maximum Gasteiger partial charge on any atom is 0.343 e. The highest BCUT2D eigenvalue weighted by Crippen LogP contribution is 2.17. The van der Waals surface area contributed by atoms with Crippen LogP contribution in [0.2, 0.25) is 0 Å². The van der Waals surface area contributed by atoms with Crippen LogP contribution in [0.5, 0.6) is 11.5 Å². The number of hydrogen-bond acceptors (Lipinski definition) is 6. The van der Waals surface area contributed by atoms with E-state index in [4.69, 9.17) is 14.2 Å². The summed E-state index contributed by atoms with van der Waals surface area (Å²) in [6, 6.07) is 29.3. The zero-order chi connectivity index (χ0) is 25.3. The zero-order valence-electron chi connectivity index (χ0n) is 19.7. The average molecular weight is 481 g/mol. The predicted octanol–water partition coefficient (Wildman–Crippen LogP) is 5.83. The van der Waals surface area contributed by atoms with Gasteiger partial charge in [-0.1, -0.05) is 42.5 Å². The molecule has 0 fully saturated rings. The van der Waals surface area contributed by atoms with Crippen molar-refractivity contribution in [2.45, 2.75) is 13.5 Å². The van der Waals surface area contributed by atoms with Gasteiger partial charge in [-0.25, -0.2) is 9.59 Å². The molecule has 0 heterocycles. The molecule has 0 aliphatic rings. The lowest BCUT2D eigenvalue weighted by atomic mass is 10.1. The molecule has 0 aliphatic carbocycles. The summed E-state index contributed by atoms with van der Waals surface area (Å²) in [7, 11) is 0. The fraction of sp³-hybridized carbons (Fsp3) is 0.100. The van der Waals surface area contributed by atoms with Crippen molar-refractivity contribution in [3.63, 3.8) is 0 Å². The number of ketones is 1. The van der Waals surface area contributed by atoms with Crippen molar-refractivity contribution in [1.29, 1.82) is 0 Å². The summed E-state index contributed by atoms with van der Waals surface area (Å²) < 4.78 is 16.2. The molecule has 6 nitrogen and oxygen atoms in total. The summed E-state index contributed by atoms with van der Waals surface area (Å²) in [5.74, 6) is -0.366. The number of carbonyl (C=O) groups excluding carboxylic acids is 3. The largest absolute Gasteiger partial charge is 0.489 e. The minimum Gasteiger partial charge on any atom is -0.489 e. The summed E-state index contributed by atoms with van der Waals surface area (Å²) in [6.45, 7) is 1.96. The third-order valence-electron chi connectivity index (χ3n) is 5.32. The van der Waals surface area contributed by atoms with Crippen molar-refractivity contribution in [2.75, 3.05) is 6.61 Å². The maximum atomic E-state index is 12.4. The number of benzene rings is 4. The Hall–Kier alpha value is -4.71. The molecular formula is C30H24O6. The minimum absolute atomic E-state index is 0.309. The van der Waals surface area contributed by atoms with Gasteiger partial charge < -0.3 is 14.2 Å². The number of rotatable bonds is 9. The first-order chi connectivity index (χ1) is 17.5. The third-order valence-corrected chi connectivity index (χ3v) is 5.32. The molecule has 0 aromatic heterocycles. The first-order valence-electron chi connectivity index (χ1n) is 11.3. The van der Waals surface area contributed by atoms with E-state index >= 15 is 0 Å². The van der Waals surface area contributed by atoms with Gasteiger partial charge in [0.15, 0.2) is 12.4 Å². The van der Waals surface area contributed by atoms with Crippen LogP contribution in [-0.2, 0) is 11.3 Å². The smallest absolute Gasteiger partial charge is 0.343 e. The van der Waals surface area contributed by atoms with E-state index in [1.165, 1.54) is 24.3 Å². The summed E-state index contributed by atoms with van der Waals surface area (Å²) in [5.41, 5.74) is 3.12. The molecule has 36 heavy (non-hydrogen) atoms. The van der Waals surface area contributed by atoms with E-state index < -0.39 is 18.5 Å². The second-order valence-corrected chi connectivity index (χ2v) is 8.08. The molecule has 0 saturated carbocycles. The Balaban J connectivity index is 1.25. The van der Waals surface area contributed by atoms with E-state index in [0.717, 1.165) is 16.9 Å². The highest BCUT2D eigenvalue weighted by molar-refractivity contribution is 5.99. The topological polar surface area (TPSA) is 78.9 Å². The van der Waals surface area contributed by atoms with Crippen molar-refractivity contribution in [3.05, 3.63) is 131 Å². The van der Waals surface area contributed by atoms with Gasteiger partial charge in [0.1, 0.15) is 18.1 Å². The lowest BCUT2D eigenvalue weighted by Gasteiger charge is -2.08. The number of hydrogen-bond donors (Lipinski definition) is 0. The van der Waals surface area contributed by atoms with Crippen molar-refractivity contribution in [2.24, 2.45) is 0 Å². The van der Waals surface area contributed by atoms with E-state index in [2.05, 4.69) is 0 Å². The van der Waals surface area contributed by atoms with Gasteiger partial charge in [0.25, 0.3) is 0 Å². The first-order valence-corrected chi connectivity index (χ1v) is 11.3. The van der Waals surface area contributed by atoms with E-state index in [1.54, 1.807) is 48.5 Å². The number of carbonyl (C=O) groups is 3. The second-order valence-electron chi connectivity index (χ2n) is 8.08. The van der Waals surface area contributed by atoms with Crippen LogP contribution in [0.3, 0.4) is 0 Å². The van der Waals surface area contributed by atoms with Crippen LogP contribution < -0.4 is 9.47 Å². The summed E-state index contributed by atoms with van der Waals surface area (Å²) in [6.07, 6.45) is 0. The first kappa shape index (κ1) is 24.4. The molecule has 0 bridgehead atoms. The predicted molar refractivity (Wildman–Crippen MR) is 134 cm³/mol. The minimum atomic E-state index is -0.595. The van der Waals surface area contributed by atoms with Crippen LogP contribution in [0, 0.1) is 6.92 Å². The quantitative estimate of drug-likeness (QED) is 0.170. The van der Waals surface area contributed by atoms with Crippen molar-refractivity contribution < 1.29 is 28.6 Å². The van der Waals surface area contributed by atoms with Gasteiger partial charge in [0.2, 0.25) is 0 Å². The SMILES string of the molecule is Cc1cccc(OCc2ccc(C(=O)OCC(=O)c3ccc(OC(=O)c4ccccc4)cc3)cc2)c1. The fourth-order valence-corrected chi connectivity index (χ4v) is 3.36. The van der Waals surface area contributed by atoms with Crippen LogP contribution in [0.4, 0.5) is 0 Å². The molecule has 0 unspecified atom stereocenters. The normalized spacial score (nSPS) is 10.4. The van der Waals surface area contributed by atoms with Crippen molar-refractivity contribution in [3.8, 4) is 11.5 Å². The lowest BCUT2D eigenvalue weighted by molar-refractivity contribution is 0.0474. The second kappa shape index (κ2) is 11.6. The Morgan fingerprint density at radius 1 is 0.639 bits per heavy atom. The van der Waals surface area contributed by atoms with Gasteiger partial charge >= 0.3 is 11.9 Å². The van der Waals surface area contributed by atoms with Crippen molar-refractivity contribution in [1.82, 2.24) is 0 Å². The van der Waals surface area contributed by atoms with Gasteiger partial charge in [-0.15, -0.1) is 0 Å². The summed E-state index contributed by atoms with van der Waals surface area (Å²) >= 11 is 0. The highest BCUT2D eigenvalue weighted by atomic mass is 16.5. The van der Waals surface area contributed by atoms with Crippen LogP contribution in [0.25, 0.3) is 0 Å². The Morgan fingerprint density at radius 2 is 1.31 bits per heavy atom. The summed E-state index contributed by atoms with van der Waals surface area (Å²) in [5, 5.41) is 0. The molecule has 0 aliphatic heterocycles. The Bertz CT molecular complexity index is 1340. The van der Waals surface area contributed by atoms with E-state index in [1.807, 2.05) is 37.3 Å². The third kappa shape index (κ3) is 6.67. The molecule has 0 saturated heterocycles. The molecule has 6 heteroatoms. The molecule has 0 spiro atoms. The molecule has 180 valence electrons. The number of aryl methyl sites for hydroxylation is 1. The number of Topliss-reactive ketones (excluding diaryl/α,β-unsaturated/α-hetero) is 1. The fourth-order valence-electron chi connectivity index (χ4n) is 3.36. The van der Waals surface area contributed by atoms with Gasteiger partial charge in [-0.2, -0.15) is 0 Å². The number of ether oxygens (including phenoxy) is 3.